The predicted octanol–water partition coefficient (Wildman–Crippen LogP) is 4.01. The topological polar surface area (TPSA) is 88.9 Å². The molecular weight excluding hydrogens is 390 g/mol. The monoisotopic (exact) mass is 411 g/mol. The zero-order chi connectivity index (χ0) is 21.2. The van der Waals surface area contributed by atoms with E-state index in [0.717, 1.165) is 5.69 Å². The van der Waals surface area contributed by atoms with Gasteiger partial charge >= 0.3 is 0 Å². The van der Waals surface area contributed by atoms with E-state index >= 15 is 0 Å². The molecule has 0 aliphatic carbocycles. The summed E-state index contributed by atoms with van der Waals surface area (Å²) in [5.41, 5.74) is 1.33. The van der Waals surface area contributed by atoms with Crippen LogP contribution in [0.3, 0.4) is 0 Å². The Morgan fingerprint density at radius 1 is 1.03 bits per heavy atom. The molecule has 3 rings (SSSR count). The van der Waals surface area contributed by atoms with Crippen molar-refractivity contribution < 1.29 is 9.59 Å². The lowest BCUT2D eigenvalue weighted by Gasteiger charge is -2.20. The van der Waals surface area contributed by atoms with Crippen molar-refractivity contribution >= 4 is 29.1 Å². The molecule has 29 heavy (non-hydrogen) atoms. The molecule has 0 fully saturated rings. The molecule has 7 nitrogen and oxygen atoms in total. The summed E-state index contributed by atoms with van der Waals surface area (Å²) in [4.78, 5) is 29.2. The van der Waals surface area contributed by atoms with Gasteiger partial charge in [-0.1, -0.05) is 17.7 Å². The van der Waals surface area contributed by atoms with Gasteiger partial charge in [0.2, 0.25) is 5.82 Å². The largest absolute Gasteiger partial charge is 0.347 e. The molecular formula is C21H22ClN5O2. The number of halogens is 1. The second-order valence-electron chi connectivity index (χ2n) is 7.61. The lowest BCUT2D eigenvalue weighted by atomic mass is 10.1. The summed E-state index contributed by atoms with van der Waals surface area (Å²) in [6.45, 7) is 7.47. The molecule has 0 aliphatic heterocycles. The van der Waals surface area contributed by atoms with Crippen molar-refractivity contribution in [1.29, 1.82) is 0 Å². The fourth-order valence-electron chi connectivity index (χ4n) is 2.65. The molecule has 3 aromatic rings. The van der Waals surface area contributed by atoms with Crippen LogP contribution in [0.4, 0.5) is 5.69 Å². The average molecular weight is 412 g/mol. The van der Waals surface area contributed by atoms with E-state index < -0.39 is 5.91 Å². The van der Waals surface area contributed by atoms with Crippen LogP contribution >= 0.6 is 11.6 Å². The zero-order valence-electron chi connectivity index (χ0n) is 16.7. The number of aryl methyl sites for hydroxylation is 1. The number of anilines is 1. The molecule has 0 bridgehead atoms. The SMILES string of the molecule is Cc1nc(C(=O)Nc2cccc(C(=O)NC(C)(C)C)c2)nn1-c1ccc(Cl)cc1. The Balaban J connectivity index is 1.77. The van der Waals surface area contributed by atoms with Crippen molar-refractivity contribution in [3.05, 3.63) is 70.8 Å². The minimum Gasteiger partial charge on any atom is -0.347 e. The molecule has 2 N–H and O–H groups in total. The van der Waals surface area contributed by atoms with Gasteiger partial charge in [0, 0.05) is 21.8 Å². The smallest absolute Gasteiger partial charge is 0.295 e. The standard InChI is InChI=1S/C21H22ClN5O2/c1-13-23-18(26-27(13)17-10-8-15(22)9-11-17)20(29)24-16-7-5-6-14(12-16)19(28)25-21(2,3)4/h5-12H,1-4H3,(H,24,29)(H,25,28). The van der Waals surface area contributed by atoms with E-state index in [0.29, 0.717) is 22.1 Å². The highest BCUT2D eigenvalue weighted by atomic mass is 35.5. The quantitative estimate of drug-likeness (QED) is 0.678. The van der Waals surface area contributed by atoms with Gasteiger partial charge in [0.25, 0.3) is 11.8 Å². The molecule has 0 spiro atoms. The molecule has 2 amide bonds. The number of carbonyl (C=O) groups is 2. The Morgan fingerprint density at radius 3 is 2.38 bits per heavy atom. The number of aromatic nitrogens is 3. The second kappa shape index (κ2) is 8.05. The number of benzene rings is 2. The first-order valence-corrected chi connectivity index (χ1v) is 9.44. The molecule has 0 saturated carbocycles. The number of nitrogens with zero attached hydrogens (tertiary/aromatic N) is 3. The highest BCUT2D eigenvalue weighted by Crippen LogP contribution is 2.16. The lowest BCUT2D eigenvalue weighted by molar-refractivity contribution is 0.0918. The Labute approximate surface area is 174 Å². The van der Waals surface area contributed by atoms with Crippen LogP contribution in [-0.4, -0.2) is 32.1 Å². The Bertz CT molecular complexity index is 1050. The number of hydrogen-bond acceptors (Lipinski definition) is 4. The minimum atomic E-state index is -0.464. The van der Waals surface area contributed by atoms with Gasteiger partial charge in [-0.15, -0.1) is 5.10 Å². The molecule has 0 saturated heterocycles. The summed E-state index contributed by atoms with van der Waals surface area (Å²) >= 11 is 5.92. The summed E-state index contributed by atoms with van der Waals surface area (Å²) in [7, 11) is 0. The van der Waals surface area contributed by atoms with E-state index in [4.69, 9.17) is 11.6 Å². The van der Waals surface area contributed by atoms with E-state index in [9.17, 15) is 9.59 Å². The molecule has 0 unspecified atom stereocenters. The van der Waals surface area contributed by atoms with Crippen LogP contribution in [0.1, 0.15) is 47.6 Å². The fraction of sp³-hybridized carbons (Fsp3) is 0.238. The van der Waals surface area contributed by atoms with Crippen LogP contribution in [0.25, 0.3) is 5.69 Å². The summed E-state index contributed by atoms with van der Waals surface area (Å²) in [6.07, 6.45) is 0. The van der Waals surface area contributed by atoms with Gasteiger partial charge in [-0.25, -0.2) is 9.67 Å². The Kier molecular flexibility index (Phi) is 5.70. The normalized spacial score (nSPS) is 11.2. The summed E-state index contributed by atoms with van der Waals surface area (Å²) in [5.74, 6) is -0.0819. The number of nitrogens with one attached hydrogen (secondary N) is 2. The molecule has 1 aromatic heterocycles. The highest BCUT2D eigenvalue weighted by Gasteiger charge is 2.18. The van der Waals surface area contributed by atoms with Crippen LogP contribution in [0, 0.1) is 6.92 Å². The van der Waals surface area contributed by atoms with Crippen molar-refractivity contribution in [3.63, 3.8) is 0 Å². The highest BCUT2D eigenvalue weighted by molar-refractivity contribution is 6.30. The maximum absolute atomic E-state index is 12.6. The van der Waals surface area contributed by atoms with Crippen molar-refractivity contribution in [1.82, 2.24) is 20.1 Å². The Hall–Kier alpha value is -3.19. The lowest BCUT2D eigenvalue weighted by Crippen LogP contribution is -2.40. The van der Waals surface area contributed by atoms with Gasteiger partial charge in [-0.2, -0.15) is 0 Å². The van der Waals surface area contributed by atoms with Crippen LogP contribution < -0.4 is 10.6 Å². The molecule has 150 valence electrons. The summed E-state index contributed by atoms with van der Waals surface area (Å²) < 4.78 is 1.57. The maximum Gasteiger partial charge on any atom is 0.295 e. The average Bonchev–Trinajstić information content (AvgIpc) is 3.03. The van der Waals surface area contributed by atoms with E-state index in [1.54, 1.807) is 60.1 Å². The second-order valence-corrected chi connectivity index (χ2v) is 8.05. The van der Waals surface area contributed by atoms with Crippen molar-refractivity contribution in [3.8, 4) is 5.69 Å². The van der Waals surface area contributed by atoms with Crippen LogP contribution in [0.15, 0.2) is 48.5 Å². The number of hydrogen-bond donors (Lipinski definition) is 2. The third-order valence-corrected chi connectivity index (χ3v) is 4.17. The maximum atomic E-state index is 12.6. The van der Waals surface area contributed by atoms with Crippen LogP contribution in [0.2, 0.25) is 5.02 Å². The molecule has 0 aliphatic rings. The number of carbonyl (C=O) groups excluding carboxylic acids is 2. The number of amides is 2. The minimum absolute atomic E-state index is 0.0296. The number of rotatable bonds is 4. The van der Waals surface area contributed by atoms with E-state index in [2.05, 4.69) is 20.7 Å². The van der Waals surface area contributed by atoms with Gasteiger partial charge in [-0.05, 0) is 70.2 Å². The van der Waals surface area contributed by atoms with E-state index in [1.807, 2.05) is 20.8 Å². The van der Waals surface area contributed by atoms with Crippen molar-refractivity contribution in [2.24, 2.45) is 0 Å². The zero-order valence-corrected chi connectivity index (χ0v) is 17.4. The van der Waals surface area contributed by atoms with E-state index in [1.165, 1.54) is 0 Å². The third kappa shape index (κ3) is 5.20. The van der Waals surface area contributed by atoms with E-state index in [-0.39, 0.29) is 17.3 Å². The molecule has 0 atom stereocenters. The molecule has 2 aromatic carbocycles. The predicted molar refractivity (Wildman–Crippen MR) is 113 cm³/mol. The molecule has 0 radical (unpaired) electrons. The third-order valence-electron chi connectivity index (χ3n) is 3.91. The van der Waals surface area contributed by atoms with Crippen LogP contribution in [-0.2, 0) is 0 Å². The van der Waals surface area contributed by atoms with Crippen LogP contribution in [0.5, 0.6) is 0 Å². The fourth-order valence-corrected chi connectivity index (χ4v) is 2.78. The van der Waals surface area contributed by atoms with Gasteiger partial charge in [0.1, 0.15) is 5.82 Å². The van der Waals surface area contributed by atoms with Crippen molar-refractivity contribution in [2.45, 2.75) is 33.2 Å². The summed E-state index contributed by atoms with van der Waals surface area (Å²) in [5, 5.41) is 10.5. The van der Waals surface area contributed by atoms with Gasteiger partial charge in [0.05, 0.1) is 5.69 Å². The Morgan fingerprint density at radius 2 is 1.72 bits per heavy atom. The molecule has 8 heteroatoms. The first-order valence-electron chi connectivity index (χ1n) is 9.06. The van der Waals surface area contributed by atoms with Gasteiger partial charge in [-0.3, -0.25) is 9.59 Å². The van der Waals surface area contributed by atoms with Gasteiger partial charge in [0.15, 0.2) is 0 Å². The van der Waals surface area contributed by atoms with Gasteiger partial charge < -0.3 is 10.6 Å². The first-order chi connectivity index (χ1) is 13.6. The summed E-state index contributed by atoms with van der Waals surface area (Å²) in [6, 6.07) is 13.8. The first kappa shape index (κ1) is 20.5. The molecule has 1 heterocycles. The van der Waals surface area contributed by atoms with Crippen molar-refractivity contribution in [2.75, 3.05) is 5.32 Å².